The molecule has 2 aromatic rings. The third kappa shape index (κ3) is 3.09. The van der Waals surface area contributed by atoms with Gasteiger partial charge in [-0.15, -0.1) is 0 Å². The summed E-state index contributed by atoms with van der Waals surface area (Å²) < 4.78 is 0. The van der Waals surface area contributed by atoms with Gasteiger partial charge in [0.1, 0.15) is 0 Å². The second-order valence-electron chi connectivity index (χ2n) is 5.00. The van der Waals surface area contributed by atoms with Gasteiger partial charge in [0.05, 0.1) is 0 Å². The molecular formula is C17H22. The lowest BCUT2D eigenvalue weighted by molar-refractivity contribution is 0.598. The van der Waals surface area contributed by atoms with Gasteiger partial charge in [0.15, 0.2) is 0 Å². The van der Waals surface area contributed by atoms with Crippen molar-refractivity contribution < 1.29 is 0 Å². The summed E-state index contributed by atoms with van der Waals surface area (Å²) in [5, 5.41) is 2.71. The summed E-state index contributed by atoms with van der Waals surface area (Å²) in [5.74, 6) is 0.686. The lowest BCUT2D eigenvalue weighted by Crippen LogP contribution is -1.93. The van der Waals surface area contributed by atoms with Gasteiger partial charge in [-0.1, -0.05) is 75.6 Å². The highest BCUT2D eigenvalue weighted by Crippen LogP contribution is 2.25. The molecule has 0 aromatic heterocycles. The lowest BCUT2D eigenvalue weighted by Gasteiger charge is -2.12. The molecule has 0 aliphatic carbocycles. The van der Waals surface area contributed by atoms with E-state index in [0.29, 0.717) is 5.92 Å². The van der Waals surface area contributed by atoms with Gasteiger partial charge in [0.25, 0.3) is 0 Å². The quantitative estimate of drug-likeness (QED) is 0.588. The van der Waals surface area contributed by atoms with E-state index in [2.05, 4.69) is 56.3 Å². The standard InChI is InChI=1S/C17H22/c1-3-4-5-8-14(2)16-12-11-15-9-6-7-10-17(15)13-16/h6-7,9-14H,3-5,8H2,1-2H3. The molecule has 0 radical (unpaired) electrons. The molecule has 0 N–H and O–H groups in total. The topological polar surface area (TPSA) is 0 Å². The summed E-state index contributed by atoms with van der Waals surface area (Å²) in [6.45, 7) is 4.61. The van der Waals surface area contributed by atoms with Crippen LogP contribution < -0.4 is 0 Å². The monoisotopic (exact) mass is 226 g/mol. The van der Waals surface area contributed by atoms with Gasteiger partial charge in [0, 0.05) is 0 Å². The number of rotatable bonds is 5. The van der Waals surface area contributed by atoms with Crippen LogP contribution in [0.4, 0.5) is 0 Å². The summed E-state index contributed by atoms with van der Waals surface area (Å²) in [7, 11) is 0. The van der Waals surface area contributed by atoms with Gasteiger partial charge in [-0.05, 0) is 28.7 Å². The molecule has 0 saturated heterocycles. The van der Waals surface area contributed by atoms with Crippen LogP contribution in [0, 0.1) is 0 Å². The van der Waals surface area contributed by atoms with E-state index in [1.165, 1.54) is 42.0 Å². The molecule has 2 rings (SSSR count). The Balaban J connectivity index is 2.12. The van der Waals surface area contributed by atoms with Crippen LogP contribution in [0.2, 0.25) is 0 Å². The first-order chi connectivity index (χ1) is 8.31. The van der Waals surface area contributed by atoms with E-state index < -0.39 is 0 Å². The average molecular weight is 226 g/mol. The molecule has 17 heavy (non-hydrogen) atoms. The molecule has 1 atom stereocenters. The molecule has 2 aromatic carbocycles. The summed E-state index contributed by atoms with van der Waals surface area (Å²) in [6.07, 6.45) is 5.33. The Morgan fingerprint density at radius 2 is 1.71 bits per heavy atom. The summed E-state index contributed by atoms with van der Waals surface area (Å²) >= 11 is 0. The highest BCUT2D eigenvalue weighted by atomic mass is 14.1. The molecule has 0 saturated carbocycles. The molecule has 0 aliphatic rings. The Hall–Kier alpha value is -1.30. The van der Waals surface area contributed by atoms with Crippen LogP contribution >= 0.6 is 0 Å². The summed E-state index contributed by atoms with van der Waals surface area (Å²) in [4.78, 5) is 0. The molecule has 0 amide bonds. The van der Waals surface area contributed by atoms with E-state index in [0.717, 1.165) is 0 Å². The Bertz CT molecular complexity index is 470. The first-order valence-electron chi connectivity index (χ1n) is 6.80. The van der Waals surface area contributed by atoms with Crippen LogP contribution in [0.15, 0.2) is 42.5 Å². The van der Waals surface area contributed by atoms with E-state index in [1.807, 2.05) is 0 Å². The zero-order chi connectivity index (χ0) is 12.1. The third-order valence-electron chi connectivity index (χ3n) is 3.58. The molecule has 1 unspecified atom stereocenters. The van der Waals surface area contributed by atoms with Crippen molar-refractivity contribution in [1.82, 2.24) is 0 Å². The Morgan fingerprint density at radius 1 is 0.941 bits per heavy atom. The smallest absolute Gasteiger partial charge is 0.0181 e. The van der Waals surface area contributed by atoms with Crippen molar-refractivity contribution >= 4 is 10.8 Å². The van der Waals surface area contributed by atoms with Gasteiger partial charge in [-0.25, -0.2) is 0 Å². The van der Waals surface area contributed by atoms with Gasteiger partial charge in [-0.2, -0.15) is 0 Å². The van der Waals surface area contributed by atoms with Crippen molar-refractivity contribution in [2.45, 2.75) is 45.4 Å². The maximum Gasteiger partial charge on any atom is -0.0181 e. The first kappa shape index (κ1) is 12.2. The lowest BCUT2D eigenvalue weighted by atomic mass is 9.93. The number of hydrogen-bond acceptors (Lipinski definition) is 0. The van der Waals surface area contributed by atoms with E-state index in [9.17, 15) is 0 Å². The molecule has 0 nitrogen and oxygen atoms in total. The zero-order valence-electron chi connectivity index (χ0n) is 10.9. The molecule has 0 heterocycles. The van der Waals surface area contributed by atoms with Gasteiger partial charge in [0.2, 0.25) is 0 Å². The van der Waals surface area contributed by atoms with Gasteiger partial charge >= 0.3 is 0 Å². The molecule has 0 spiro atoms. The van der Waals surface area contributed by atoms with Gasteiger partial charge < -0.3 is 0 Å². The van der Waals surface area contributed by atoms with E-state index in [4.69, 9.17) is 0 Å². The average Bonchev–Trinajstić information content (AvgIpc) is 2.38. The Morgan fingerprint density at radius 3 is 2.47 bits per heavy atom. The molecular weight excluding hydrogens is 204 g/mol. The SMILES string of the molecule is CCCCCC(C)c1ccc2ccccc2c1. The van der Waals surface area contributed by atoms with Crippen molar-refractivity contribution in [2.75, 3.05) is 0 Å². The summed E-state index contributed by atoms with van der Waals surface area (Å²) in [5.41, 5.74) is 1.49. The van der Waals surface area contributed by atoms with Crippen molar-refractivity contribution in [3.63, 3.8) is 0 Å². The minimum atomic E-state index is 0.686. The zero-order valence-corrected chi connectivity index (χ0v) is 10.9. The van der Waals surface area contributed by atoms with Crippen molar-refractivity contribution in [3.05, 3.63) is 48.0 Å². The number of hydrogen-bond donors (Lipinski definition) is 0. The van der Waals surface area contributed by atoms with Crippen molar-refractivity contribution in [1.29, 1.82) is 0 Å². The van der Waals surface area contributed by atoms with Crippen LogP contribution in [-0.4, -0.2) is 0 Å². The predicted octanol–water partition coefficient (Wildman–Crippen LogP) is 5.52. The fourth-order valence-corrected chi connectivity index (χ4v) is 2.38. The van der Waals surface area contributed by atoms with Crippen molar-refractivity contribution in [2.24, 2.45) is 0 Å². The number of fused-ring (bicyclic) bond motifs is 1. The number of benzene rings is 2. The van der Waals surface area contributed by atoms with E-state index in [1.54, 1.807) is 0 Å². The van der Waals surface area contributed by atoms with Crippen LogP contribution in [0.3, 0.4) is 0 Å². The summed E-state index contributed by atoms with van der Waals surface area (Å²) in [6, 6.07) is 15.5. The molecule has 0 heteroatoms. The highest BCUT2D eigenvalue weighted by molar-refractivity contribution is 5.83. The van der Waals surface area contributed by atoms with Crippen LogP contribution in [0.1, 0.15) is 51.0 Å². The van der Waals surface area contributed by atoms with Crippen LogP contribution in [-0.2, 0) is 0 Å². The maximum absolute atomic E-state index is 2.35. The minimum Gasteiger partial charge on any atom is -0.0654 e. The normalized spacial score (nSPS) is 12.8. The Labute approximate surface area is 105 Å². The molecule has 90 valence electrons. The fourth-order valence-electron chi connectivity index (χ4n) is 2.38. The minimum absolute atomic E-state index is 0.686. The van der Waals surface area contributed by atoms with Crippen LogP contribution in [0.5, 0.6) is 0 Å². The van der Waals surface area contributed by atoms with E-state index in [-0.39, 0.29) is 0 Å². The largest absolute Gasteiger partial charge is 0.0654 e. The highest BCUT2D eigenvalue weighted by Gasteiger charge is 2.05. The van der Waals surface area contributed by atoms with Crippen molar-refractivity contribution in [3.8, 4) is 0 Å². The third-order valence-corrected chi connectivity index (χ3v) is 3.58. The Kier molecular flexibility index (Phi) is 4.19. The van der Waals surface area contributed by atoms with Crippen LogP contribution in [0.25, 0.3) is 10.8 Å². The molecule has 0 bridgehead atoms. The second kappa shape index (κ2) is 5.86. The predicted molar refractivity (Wildman–Crippen MR) is 76.5 cm³/mol. The van der Waals surface area contributed by atoms with E-state index >= 15 is 0 Å². The first-order valence-corrected chi connectivity index (χ1v) is 6.80. The number of unbranched alkanes of at least 4 members (excludes halogenated alkanes) is 2. The molecule has 0 aliphatic heterocycles. The maximum atomic E-state index is 2.35. The molecule has 0 fully saturated rings. The second-order valence-corrected chi connectivity index (χ2v) is 5.00. The fraction of sp³-hybridized carbons (Fsp3) is 0.412. The van der Waals surface area contributed by atoms with Gasteiger partial charge in [-0.3, -0.25) is 0 Å².